The Balaban J connectivity index is 2.62. The van der Waals surface area contributed by atoms with Crippen LogP contribution in [0.2, 0.25) is 0 Å². The number of carboxylic acids is 1. The third-order valence-electron chi connectivity index (χ3n) is 3.26. The van der Waals surface area contributed by atoms with Crippen LogP contribution in [0.4, 0.5) is 0 Å². The van der Waals surface area contributed by atoms with E-state index in [0.29, 0.717) is 22.6 Å². The monoisotopic (exact) mass is 272 g/mol. The van der Waals surface area contributed by atoms with E-state index in [1.54, 1.807) is 39.3 Å². The summed E-state index contributed by atoms with van der Waals surface area (Å²) in [4.78, 5) is 11.2. The van der Waals surface area contributed by atoms with E-state index in [2.05, 4.69) is 0 Å². The summed E-state index contributed by atoms with van der Waals surface area (Å²) in [5.74, 6) is 0.407. The quantitative estimate of drug-likeness (QED) is 0.927. The number of methoxy groups -OCH3 is 2. The van der Waals surface area contributed by atoms with E-state index in [1.165, 1.54) is 0 Å². The zero-order chi connectivity index (χ0) is 14.7. The van der Waals surface area contributed by atoms with Crippen LogP contribution in [0.5, 0.6) is 11.5 Å². The molecule has 0 heterocycles. The van der Waals surface area contributed by atoms with E-state index in [-0.39, 0.29) is 0 Å². The molecule has 0 radical (unpaired) electrons. The first-order chi connectivity index (χ1) is 9.58. The fourth-order valence-corrected chi connectivity index (χ4v) is 2.18. The summed E-state index contributed by atoms with van der Waals surface area (Å²) in [7, 11) is 3.17. The Hall–Kier alpha value is -2.49. The zero-order valence-corrected chi connectivity index (χ0v) is 11.6. The molecule has 0 amide bonds. The van der Waals surface area contributed by atoms with Gasteiger partial charge in [-0.1, -0.05) is 12.1 Å². The van der Waals surface area contributed by atoms with Crippen LogP contribution in [0, 0.1) is 6.92 Å². The molecule has 4 nitrogen and oxygen atoms in total. The first kappa shape index (κ1) is 13.9. The summed E-state index contributed by atoms with van der Waals surface area (Å²) in [6.07, 6.45) is 0. The van der Waals surface area contributed by atoms with Crippen LogP contribution in [0.3, 0.4) is 0 Å². The van der Waals surface area contributed by atoms with Gasteiger partial charge in [0.2, 0.25) is 0 Å². The van der Waals surface area contributed by atoms with Gasteiger partial charge in [0, 0.05) is 11.6 Å². The van der Waals surface area contributed by atoms with E-state index < -0.39 is 5.97 Å². The van der Waals surface area contributed by atoms with Gasteiger partial charge in [-0.25, -0.2) is 4.79 Å². The van der Waals surface area contributed by atoms with Crippen molar-refractivity contribution in [3.63, 3.8) is 0 Å². The maximum atomic E-state index is 11.2. The Bertz CT molecular complexity index is 647. The highest BCUT2D eigenvalue weighted by atomic mass is 16.5. The molecule has 2 aromatic rings. The Kier molecular flexibility index (Phi) is 3.94. The lowest BCUT2D eigenvalue weighted by molar-refractivity contribution is 0.0696. The van der Waals surface area contributed by atoms with Crippen molar-refractivity contribution in [3.8, 4) is 22.6 Å². The standard InChI is InChI=1S/C16H16O4/c1-10-12(5-4-6-13(10)16(17)18)14-8-7-11(19-2)9-15(14)20-3/h4-9H,1-3H3,(H,17,18). The van der Waals surface area contributed by atoms with Crippen molar-refractivity contribution in [2.45, 2.75) is 6.92 Å². The summed E-state index contributed by atoms with van der Waals surface area (Å²) in [6.45, 7) is 1.79. The normalized spacial score (nSPS) is 10.2. The molecule has 1 N–H and O–H groups in total. The lowest BCUT2D eigenvalue weighted by atomic mass is 9.95. The fraction of sp³-hybridized carbons (Fsp3) is 0.188. The van der Waals surface area contributed by atoms with Gasteiger partial charge in [-0.05, 0) is 36.2 Å². The molecule has 0 spiro atoms. The van der Waals surface area contributed by atoms with E-state index in [9.17, 15) is 9.90 Å². The molecular weight excluding hydrogens is 256 g/mol. The number of benzene rings is 2. The number of hydrogen-bond donors (Lipinski definition) is 1. The number of carbonyl (C=O) groups is 1. The second-order valence-electron chi connectivity index (χ2n) is 4.35. The molecule has 0 aliphatic rings. The van der Waals surface area contributed by atoms with Gasteiger partial charge < -0.3 is 14.6 Å². The molecule has 0 fully saturated rings. The Morgan fingerprint density at radius 2 is 1.80 bits per heavy atom. The molecule has 0 aromatic heterocycles. The molecule has 2 rings (SSSR count). The highest BCUT2D eigenvalue weighted by Gasteiger charge is 2.14. The summed E-state index contributed by atoms with van der Waals surface area (Å²) in [6, 6.07) is 10.7. The van der Waals surface area contributed by atoms with E-state index >= 15 is 0 Å². The van der Waals surface area contributed by atoms with E-state index in [0.717, 1.165) is 11.1 Å². The van der Waals surface area contributed by atoms with Crippen molar-refractivity contribution in [3.05, 3.63) is 47.5 Å². The lowest BCUT2D eigenvalue weighted by Gasteiger charge is -2.13. The third-order valence-corrected chi connectivity index (χ3v) is 3.26. The van der Waals surface area contributed by atoms with Crippen LogP contribution in [0.1, 0.15) is 15.9 Å². The van der Waals surface area contributed by atoms with E-state index in [4.69, 9.17) is 9.47 Å². The predicted octanol–water partition coefficient (Wildman–Crippen LogP) is 3.38. The molecule has 0 saturated carbocycles. The van der Waals surface area contributed by atoms with Gasteiger partial charge in [0.25, 0.3) is 0 Å². The van der Waals surface area contributed by atoms with Crippen molar-refractivity contribution >= 4 is 5.97 Å². The summed E-state index contributed by atoms with van der Waals surface area (Å²) in [5, 5.41) is 9.19. The second-order valence-corrected chi connectivity index (χ2v) is 4.35. The summed E-state index contributed by atoms with van der Waals surface area (Å²) >= 11 is 0. The number of ether oxygens (including phenoxy) is 2. The summed E-state index contributed by atoms with van der Waals surface area (Å²) in [5.41, 5.74) is 2.68. The number of aromatic carboxylic acids is 1. The van der Waals surface area contributed by atoms with Gasteiger partial charge in [0.15, 0.2) is 0 Å². The van der Waals surface area contributed by atoms with Crippen molar-refractivity contribution in [2.75, 3.05) is 14.2 Å². The van der Waals surface area contributed by atoms with Crippen LogP contribution in [-0.4, -0.2) is 25.3 Å². The van der Waals surface area contributed by atoms with Crippen molar-refractivity contribution in [1.29, 1.82) is 0 Å². The Labute approximate surface area is 117 Å². The SMILES string of the molecule is COc1ccc(-c2cccc(C(=O)O)c2C)c(OC)c1. The Morgan fingerprint density at radius 1 is 1.05 bits per heavy atom. The highest BCUT2D eigenvalue weighted by molar-refractivity contribution is 5.92. The smallest absolute Gasteiger partial charge is 0.335 e. The van der Waals surface area contributed by atoms with Crippen LogP contribution in [0.25, 0.3) is 11.1 Å². The molecule has 20 heavy (non-hydrogen) atoms. The molecule has 0 unspecified atom stereocenters. The van der Waals surface area contributed by atoms with Gasteiger partial charge in [-0.3, -0.25) is 0 Å². The average Bonchev–Trinajstić information content (AvgIpc) is 2.46. The van der Waals surface area contributed by atoms with Crippen molar-refractivity contribution < 1.29 is 19.4 Å². The van der Waals surface area contributed by atoms with Gasteiger partial charge in [-0.15, -0.1) is 0 Å². The van der Waals surface area contributed by atoms with Crippen molar-refractivity contribution in [1.82, 2.24) is 0 Å². The molecule has 0 aliphatic carbocycles. The van der Waals surface area contributed by atoms with Gasteiger partial charge >= 0.3 is 5.97 Å². The predicted molar refractivity (Wildman–Crippen MR) is 76.7 cm³/mol. The number of hydrogen-bond acceptors (Lipinski definition) is 3. The fourth-order valence-electron chi connectivity index (χ4n) is 2.18. The summed E-state index contributed by atoms with van der Waals surface area (Å²) < 4.78 is 10.5. The largest absolute Gasteiger partial charge is 0.497 e. The molecule has 2 aromatic carbocycles. The molecule has 4 heteroatoms. The van der Waals surface area contributed by atoms with Gasteiger partial charge in [-0.2, -0.15) is 0 Å². The zero-order valence-electron chi connectivity index (χ0n) is 11.6. The van der Waals surface area contributed by atoms with Crippen LogP contribution >= 0.6 is 0 Å². The van der Waals surface area contributed by atoms with Gasteiger partial charge in [0.05, 0.1) is 19.8 Å². The Morgan fingerprint density at radius 3 is 2.40 bits per heavy atom. The number of rotatable bonds is 4. The topological polar surface area (TPSA) is 55.8 Å². The number of carboxylic acid groups (broad SMARTS) is 1. The molecule has 104 valence electrons. The van der Waals surface area contributed by atoms with Crippen LogP contribution in [-0.2, 0) is 0 Å². The second kappa shape index (κ2) is 5.65. The average molecular weight is 272 g/mol. The minimum atomic E-state index is -0.933. The van der Waals surface area contributed by atoms with E-state index in [1.807, 2.05) is 18.2 Å². The maximum Gasteiger partial charge on any atom is 0.335 e. The molecular formula is C16H16O4. The third kappa shape index (κ3) is 2.45. The van der Waals surface area contributed by atoms with Crippen molar-refractivity contribution in [2.24, 2.45) is 0 Å². The maximum absolute atomic E-state index is 11.2. The highest BCUT2D eigenvalue weighted by Crippen LogP contribution is 2.35. The molecule has 0 aliphatic heterocycles. The molecule has 0 saturated heterocycles. The minimum Gasteiger partial charge on any atom is -0.497 e. The van der Waals surface area contributed by atoms with Crippen LogP contribution in [0.15, 0.2) is 36.4 Å². The molecule has 0 atom stereocenters. The first-order valence-corrected chi connectivity index (χ1v) is 6.13. The van der Waals surface area contributed by atoms with Gasteiger partial charge in [0.1, 0.15) is 11.5 Å². The minimum absolute atomic E-state index is 0.292. The lowest BCUT2D eigenvalue weighted by Crippen LogP contribution is -2.01. The van der Waals surface area contributed by atoms with Crippen LogP contribution < -0.4 is 9.47 Å². The first-order valence-electron chi connectivity index (χ1n) is 6.13. The molecule has 0 bridgehead atoms.